The van der Waals surface area contributed by atoms with E-state index in [0.717, 1.165) is 43.4 Å². The quantitative estimate of drug-likeness (QED) is 0.285. The largest absolute Gasteiger partial charge is 0.198 e. The van der Waals surface area contributed by atoms with E-state index in [2.05, 4.69) is 32.1 Å². The molecule has 0 aromatic carbocycles. The van der Waals surface area contributed by atoms with Gasteiger partial charge in [-0.2, -0.15) is 5.26 Å². The summed E-state index contributed by atoms with van der Waals surface area (Å²) in [5.41, 5.74) is -0.00823. The van der Waals surface area contributed by atoms with Gasteiger partial charge in [0.15, 0.2) is 0 Å². The van der Waals surface area contributed by atoms with Crippen LogP contribution in [-0.4, -0.2) is 0 Å². The average Bonchev–Trinajstić information content (AvgIpc) is 2.69. The van der Waals surface area contributed by atoms with Crippen LogP contribution < -0.4 is 0 Å². The van der Waals surface area contributed by atoms with Crippen molar-refractivity contribution in [1.82, 2.24) is 0 Å². The number of rotatable bonds is 10. The van der Waals surface area contributed by atoms with Gasteiger partial charge in [-0.3, -0.25) is 0 Å². The number of nitrogens with zero attached hydrogens (tertiary/aromatic N) is 1. The SMILES string of the molecule is C/C=C\CCC1(C#N)CCC(C2CCC(CCCCCCC)CC2)CC1. The van der Waals surface area contributed by atoms with E-state index in [1.807, 2.05) is 0 Å². The van der Waals surface area contributed by atoms with Crippen LogP contribution in [0.2, 0.25) is 0 Å². The minimum Gasteiger partial charge on any atom is -0.198 e. The smallest absolute Gasteiger partial charge is 0.0689 e. The summed E-state index contributed by atoms with van der Waals surface area (Å²) in [7, 11) is 0. The maximum Gasteiger partial charge on any atom is 0.0689 e. The normalized spacial score (nSPS) is 32.6. The predicted octanol–water partition coefficient (Wildman–Crippen LogP) is 8.21. The summed E-state index contributed by atoms with van der Waals surface area (Å²) in [4.78, 5) is 0. The van der Waals surface area contributed by atoms with E-state index in [9.17, 15) is 5.26 Å². The standard InChI is InChI=1S/C25H43N/c1-3-5-7-8-9-11-22-12-14-23(15-13-22)24-16-19-25(21-26,20-17-24)18-10-6-4-2/h4,6,22-24H,3,5,7-20H2,1-2H3/b6-4-. The van der Waals surface area contributed by atoms with Crippen LogP contribution >= 0.6 is 0 Å². The van der Waals surface area contributed by atoms with Crippen LogP contribution in [0.4, 0.5) is 0 Å². The van der Waals surface area contributed by atoms with Crippen molar-refractivity contribution in [2.45, 2.75) is 117 Å². The van der Waals surface area contributed by atoms with Gasteiger partial charge in [0.1, 0.15) is 0 Å². The molecule has 1 nitrogen and oxygen atoms in total. The molecule has 0 radical (unpaired) electrons. The van der Waals surface area contributed by atoms with E-state index in [1.165, 1.54) is 77.0 Å². The van der Waals surface area contributed by atoms with E-state index >= 15 is 0 Å². The second-order valence-electron chi connectivity index (χ2n) is 9.32. The Hall–Kier alpha value is -0.770. The first-order chi connectivity index (χ1) is 12.7. The van der Waals surface area contributed by atoms with Crippen molar-refractivity contribution >= 4 is 0 Å². The Labute approximate surface area is 163 Å². The lowest BCUT2D eigenvalue weighted by Gasteiger charge is -2.40. The summed E-state index contributed by atoms with van der Waals surface area (Å²) < 4.78 is 0. The molecular formula is C25H43N. The van der Waals surface area contributed by atoms with E-state index in [4.69, 9.17) is 0 Å². The molecule has 0 unspecified atom stereocenters. The first-order valence-electron chi connectivity index (χ1n) is 11.8. The van der Waals surface area contributed by atoms with Crippen LogP contribution in [0.25, 0.3) is 0 Å². The fourth-order valence-corrected chi connectivity index (χ4v) is 5.59. The van der Waals surface area contributed by atoms with E-state index in [-0.39, 0.29) is 5.41 Å². The maximum absolute atomic E-state index is 9.73. The van der Waals surface area contributed by atoms with Crippen LogP contribution in [0.5, 0.6) is 0 Å². The minimum absolute atomic E-state index is 0.00823. The number of hydrogen-bond acceptors (Lipinski definition) is 1. The molecule has 0 aromatic heterocycles. The van der Waals surface area contributed by atoms with Gasteiger partial charge in [-0.15, -0.1) is 0 Å². The molecule has 1 heteroatoms. The molecule has 148 valence electrons. The third kappa shape index (κ3) is 6.75. The second kappa shape index (κ2) is 11.8. The molecule has 2 aliphatic rings. The van der Waals surface area contributed by atoms with Crippen molar-refractivity contribution in [2.24, 2.45) is 23.2 Å². The Morgan fingerprint density at radius 2 is 1.58 bits per heavy atom. The highest BCUT2D eigenvalue weighted by Gasteiger charge is 2.38. The lowest BCUT2D eigenvalue weighted by Crippen LogP contribution is -2.31. The third-order valence-electron chi connectivity index (χ3n) is 7.52. The minimum atomic E-state index is -0.00823. The summed E-state index contributed by atoms with van der Waals surface area (Å²) >= 11 is 0. The summed E-state index contributed by atoms with van der Waals surface area (Å²) in [6, 6.07) is 2.71. The summed E-state index contributed by atoms with van der Waals surface area (Å²) in [6.45, 7) is 4.38. The van der Waals surface area contributed by atoms with Crippen molar-refractivity contribution < 1.29 is 0 Å². The third-order valence-corrected chi connectivity index (χ3v) is 7.52. The zero-order valence-electron chi connectivity index (χ0n) is 17.6. The molecule has 0 amide bonds. The van der Waals surface area contributed by atoms with Gasteiger partial charge < -0.3 is 0 Å². The number of nitriles is 1. The maximum atomic E-state index is 9.73. The molecule has 0 N–H and O–H groups in total. The zero-order chi connectivity index (χ0) is 18.7. The fraction of sp³-hybridized carbons (Fsp3) is 0.880. The average molecular weight is 358 g/mol. The van der Waals surface area contributed by atoms with Crippen molar-refractivity contribution in [3.63, 3.8) is 0 Å². The van der Waals surface area contributed by atoms with Crippen LogP contribution in [0.15, 0.2) is 12.2 Å². The van der Waals surface area contributed by atoms with Crippen LogP contribution in [0.1, 0.15) is 117 Å². The van der Waals surface area contributed by atoms with Crippen molar-refractivity contribution in [1.29, 1.82) is 5.26 Å². The molecule has 0 bridgehead atoms. The van der Waals surface area contributed by atoms with Gasteiger partial charge in [0.25, 0.3) is 0 Å². The zero-order valence-corrected chi connectivity index (χ0v) is 17.6. The lowest BCUT2D eigenvalue weighted by molar-refractivity contribution is 0.116. The van der Waals surface area contributed by atoms with Crippen LogP contribution in [0.3, 0.4) is 0 Å². The van der Waals surface area contributed by atoms with Gasteiger partial charge in [-0.25, -0.2) is 0 Å². The summed E-state index contributed by atoms with van der Waals surface area (Å²) in [6.07, 6.45) is 26.0. The topological polar surface area (TPSA) is 23.8 Å². The summed E-state index contributed by atoms with van der Waals surface area (Å²) in [5, 5.41) is 9.73. The van der Waals surface area contributed by atoms with Gasteiger partial charge >= 0.3 is 0 Å². The van der Waals surface area contributed by atoms with E-state index < -0.39 is 0 Å². The number of allylic oxidation sites excluding steroid dienone is 2. The molecular weight excluding hydrogens is 314 g/mol. The van der Waals surface area contributed by atoms with Crippen molar-refractivity contribution in [2.75, 3.05) is 0 Å². The molecule has 26 heavy (non-hydrogen) atoms. The highest BCUT2D eigenvalue weighted by atomic mass is 14.4. The highest BCUT2D eigenvalue weighted by Crippen LogP contribution is 2.47. The van der Waals surface area contributed by atoms with Crippen molar-refractivity contribution in [3.8, 4) is 6.07 Å². The van der Waals surface area contributed by atoms with Gasteiger partial charge in [0.2, 0.25) is 0 Å². The van der Waals surface area contributed by atoms with Gasteiger partial charge in [-0.1, -0.05) is 70.4 Å². The number of hydrogen-bond donors (Lipinski definition) is 0. The monoisotopic (exact) mass is 357 g/mol. The second-order valence-corrected chi connectivity index (χ2v) is 9.32. The molecule has 0 saturated heterocycles. The molecule has 0 aliphatic heterocycles. The van der Waals surface area contributed by atoms with Crippen LogP contribution in [-0.2, 0) is 0 Å². The molecule has 0 aromatic rings. The molecule has 2 fully saturated rings. The Balaban J connectivity index is 1.65. The van der Waals surface area contributed by atoms with Gasteiger partial charge in [0.05, 0.1) is 11.5 Å². The molecule has 2 saturated carbocycles. The molecule has 0 atom stereocenters. The van der Waals surface area contributed by atoms with E-state index in [0.29, 0.717) is 0 Å². The van der Waals surface area contributed by atoms with E-state index in [1.54, 1.807) is 0 Å². The van der Waals surface area contributed by atoms with Gasteiger partial charge in [0, 0.05) is 0 Å². The number of unbranched alkanes of at least 4 members (excludes halogenated alkanes) is 4. The molecule has 2 rings (SSSR count). The Bertz CT molecular complexity index is 428. The Morgan fingerprint density at radius 3 is 2.19 bits per heavy atom. The Morgan fingerprint density at radius 1 is 0.923 bits per heavy atom. The molecule has 0 heterocycles. The predicted molar refractivity (Wildman–Crippen MR) is 113 cm³/mol. The van der Waals surface area contributed by atoms with Crippen molar-refractivity contribution in [3.05, 3.63) is 12.2 Å². The molecule has 2 aliphatic carbocycles. The Kier molecular flexibility index (Phi) is 9.80. The first-order valence-corrected chi connectivity index (χ1v) is 11.8. The van der Waals surface area contributed by atoms with Gasteiger partial charge in [-0.05, 0) is 76.0 Å². The first kappa shape index (κ1) is 21.5. The highest BCUT2D eigenvalue weighted by molar-refractivity contribution is 5.03. The fourth-order valence-electron chi connectivity index (χ4n) is 5.59. The lowest BCUT2D eigenvalue weighted by atomic mass is 9.63. The van der Waals surface area contributed by atoms with Crippen LogP contribution in [0, 0.1) is 34.5 Å². The summed E-state index contributed by atoms with van der Waals surface area (Å²) in [5.74, 6) is 2.91. The molecule has 0 spiro atoms.